The van der Waals surface area contributed by atoms with E-state index in [-0.39, 0.29) is 36.2 Å². The molecule has 0 saturated heterocycles. The van der Waals surface area contributed by atoms with E-state index in [2.05, 4.69) is 4.98 Å². The molecule has 0 bridgehead atoms. The molecule has 19 heavy (non-hydrogen) atoms. The van der Waals surface area contributed by atoms with Gasteiger partial charge in [0.15, 0.2) is 5.16 Å². The van der Waals surface area contributed by atoms with Crippen molar-refractivity contribution in [3.63, 3.8) is 0 Å². The van der Waals surface area contributed by atoms with Gasteiger partial charge in [-0.15, -0.1) is 0 Å². The number of fused-ring (bicyclic) bond motifs is 1. The highest BCUT2D eigenvalue weighted by atomic mass is 32.2. The molecule has 7 heteroatoms. The van der Waals surface area contributed by atoms with Crippen molar-refractivity contribution in [2.45, 2.75) is 31.6 Å². The van der Waals surface area contributed by atoms with E-state index < -0.39 is 0 Å². The van der Waals surface area contributed by atoms with Gasteiger partial charge in [-0.1, -0.05) is 11.8 Å². The number of carbonyl (C=O) groups excluding carboxylic acids is 1. The molecule has 0 spiro atoms. The number of aliphatic hydroxyl groups excluding tert-OH is 1. The van der Waals surface area contributed by atoms with Crippen LogP contribution < -0.4 is 5.56 Å². The van der Waals surface area contributed by atoms with Crippen LogP contribution in [0.25, 0.3) is 0 Å². The molecule has 0 unspecified atom stereocenters. The summed E-state index contributed by atoms with van der Waals surface area (Å²) >= 11 is 1.51. The Hall–Kier alpha value is -1.34. The van der Waals surface area contributed by atoms with Crippen molar-refractivity contribution < 1.29 is 9.90 Å². The van der Waals surface area contributed by atoms with E-state index in [1.165, 1.54) is 27.4 Å². The Labute approximate surface area is 115 Å². The van der Waals surface area contributed by atoms with E-state index in [0.717, 1.165) is 5.75 Å². The maximum atomic E-state index is 12.4. The summed E-state index contributed by atoms with van der Waals surface area (Å²) in [5.41, 5.74) is -0.211. The van der Waals surface area contributed by atoms with Crippen LogP contribution in [0, 0.1) is 0 Å². The number of aromatic nitrogens is 2. The molecule has 1 aliphatic heterocycles. The third-order valence-electron chi connectivity index (χ3n) is 3.01. The number of aliphatic hydroxyl groups is 1. The summed E-state index contributed by atoms with van der Waals surface area (Å²) in [5, 5.41) is 9.68. The average Bonchev–Trinajstić information content (AvgIpc) is 2.84. The molecule has 0 fully saturated rings. The van der Waals surface area contributed by atoms with Gasteiger partial charge in [0.2, 0.25) is 0 Å². The molecule has 1 aromatic rings. The highest BCUT2D eigenvalue weighted by Crippen LogP contribution is 2.20. The fourth-order valence-electron chi connectivity index (χ4n) is 2.02. The number of hydrogen-bond donors (Lipinski definition) is 1. The zero-order valence-corrected chi connectivity index (χ0v) is 11.8. The summed E-state index contributed by atoms with van der Waals surface area (Å²) in [5.74, 6) is 0.443. The van der Waals surface area contributed by atoms with Gasteiger partial charge in [0.05, 0.1) is 6.61 Å². The minimum Gasteiger partial charge on any atom is -0.395 e. The Morgan fingerprint density at radius 2 is 2.37 bits per heavy atom. The van der Waals surface area contributed by atoms with Crippen molar-refractivity contribution in [2.24, 2.45) is 0 Å². The van der Waals surface area contributed by atoms with Crippen LogP contribution in [0.1, 0.15) is 24.2 Å². The van der Waals surface area contributed by atoms with Crippen LogP contribution in [0.5, 0.6) is 0 Å². The van der Waals surface area contributed by atoms with Crippen LogP contribution in [0.3, 0.4) is 0 Å². The van der Waals surface area contributed by atoms with Crippen molar-refractivity contribution in [1.82, 2.24) is 14.5 Å². The Balaban J connectivity index is 2.36. The molecule has 1 aromatic heterocycles. The first-order valence-corrected chi connectivity index (χ1v) is 7.19. The molecular formula is C12H17N3O3S. The molecule has 0 atom stereocenters. The topological polar surface area (TPSA) is 75.4 Å². The van der Waals surface area contributed by atoms with E-state index in [9.17, 15) is 9.59 Å². The molecule has 2 heterocycles. The summed E-state index contributed by atoms with van der Waals surface area (Å²) in [6.45, 7) is 4.38. The lowest BCUT2D eigenvalue weighted by molar-refractivity contribution is 0.0662. The van der Waals surface area contributed by atoms with Gasteiger partial charge in [-0.2, -0.15) is 0 Å². The van der Waals surface area contributed by atoms with Gasteiger partial charge in [-0.3, -0.25) is 14.2 Å². The third kappa shape index (κ3) is 2.66. The first-order chi connectivity index (χ1) is 9.06. The molecule has 1 aliphatic rings. The molecule has 0 radical (unpaired) electrons. The number of carbonyl (C=O) groups is 1. The lowest BCUT2D eigenvalue weighted by atomic mass is 10.2. The second-order valence-electron chi connectivity index (χ2n) is 4.58. The van der Waals surface area contributed by atoms with E-state index in [1.807, 2.05) is 13.8 Å². The summed E-state index contributed by atoms with van der Waals surface area (Å²) in [6, 6.07) is -0.0771. The molecule has 2 rings (SSSR count). The van der Waals surface area contributed by atoms with Crippen LogP contribution in [-0.4, -0.2) is 50.4 Å². The van der Waals surface area contributed by atoms with Gasteiger partial charge in [0.25, 0.3) is 11.5 Å². The van der Waals surface area contributed by atoms with Gasteiger partial charge < -0.3 is 10.0 Å². The Bertz CT molecular complexity index is 542. The normalized spacial score (nSPS) is 13.7. The molecular weight excluding hydrogens is 266 g/mol. The number of nitrogens with zero attached hydrogens (tertiary/aromatic N) is 3. The number of rotatable bonds is 4. The number of hydrogen-bond acceptors (Lipinski definition) is 5. The lowest BCUT2D eigenvalue weighted by Gasteiger charge is -2.25. The highest BCUT2D eigenvalue weighted by molar-refractivity contribution is 7.99. The fourth-order valence-corrected chi connectivity index (χ4v) is 2.93. The van der Waals surface area contributed by atoms with Gasteiger partial charge in [0.1, 0.15) is 5.56 Å². The standard InChI is InChI=1S/C12H17N3O3S/c1-8(2)14(3-5-16)10(17)9-7-13-12-15(11(9)18)4-6-19-12/h7-8,16H,3-6H2,1-2H3. The Morgan fingerprint density at radius 3 is 3.00 bits per heavy atom. The Morgan fingerprint density at radius 1 is 1.63 bits per heavy atom. The van der Waals surface area contributed by atoms with Gasteiger partial charge in [-0.05, 0) is 13.8 Å². The van der Waals surface area contributed by atoms with Gasteiger partial charge in [0, 0.05) is 31.1 Å². The van der Waals surface area contributed by atoms with Crippen molar-refractivity contribution in [1.29, 1.82) is 0 Å². The molecule has 6 nitrogen and oxygen atoms in total. The van der Waals surface area contributed by atoms with Gasteiger partial charge in [-0.25, -0.2) is 4.98 Å². The summed E-state index contributed by atoms with van der Waals surface area (Å²) < 4.78 is 1.54. The quantitative estimate of drug-likeness (QED) is 0.799. The van der Waals surface area contributed by atoms with Crippen LogP contribution in [0.4, 0.5) is 0 Å². The van der Waals surface area contributed by atoms with E-state index in [4.69, 9.17) is 5.11 Å². The average molecular weight is 283 g/mol. The van der Waals surface area contributed by atoms with Gasteiger partial charge >= 0.3 is 0 Å². The van der Waals surface area contributed by atoms with E-state index in [1.54, 1.807) is 0 Å². The van der Waals surface area contributed by atoms with E-state index >= 15 is 0 Å². The van der Waals surface area contributed by atoms with E-state index in [0.29, 0.717) is 11.7 Å². The molecule has 1 amide bonds. The second kappa shape index (κ2) is 5.75. The first kappa shape index (κ1) is 14.1. The monoisotopic (exact) mass is 283 g/mol. The van der Waals surface area contributed by atoms with Crippen molar-refractivity contribution in [2.75, 3.05) is 18.9 Å². The zero-order valence-electron chi connectivity index (χ0n) is 11.0. The van der Waals surface area contributed by atoms with Crippen molar-refractivity contribution >= 4 is 17.7 Å². The van der Waals surface area contributed by atoms with Crippen LogP contribution in [-0.2, 0) is 6.54 Å². The van der Waals surface area contributed by atoms with Crippen molar-refractivity contribution in [3.8, 4) is 0 Å². The summed E-state index contributed by atoms with van der Waals surface area (Å²) in [6.07, 6.45) is 1.35. The van der Waals surface area contributed by atoms with Crippen LogP contribution >= 0.6 is 11.8 Å². The molecule has 0 saturated carbocycles. The predicted molar refractivity (Wildman–Crippen MR) is 72.5 cm³/mol. The zero-order chi connectivity index (χ0) is 14.0. The Kier molecular flexibility index (Phi) is 4.26. The minimum absolute atomic E-state index is 0.0771. The highest BCUT2D eigenvalue weighted by Gasteiger charge is 2.24. The minimum atomic E-state index is -0.367. The van der Waals surface area contributed by atoms with Crippen LogP contribution in [0.2, 0.25) is 0 Å². The smallest absolute Gasteiger partial charge is 0.267 e. The maximum absolute atomic E-state index is 12.4. The lowest BCUT2D eigenvalue weighted by Crippen LogP contribution is -2.42. The predicted octanol–water partition coefficient (Wildman–Crippen LogP) is 0.192. The summed E-state index contributed by atoms with van der Waals surface area (Å²) in [7, 11) is 0. The molecule has 1 N–H and O–H groups in total. The third-order valence-corrected chi connectivity index (χ3v) is 3.98. The number of thioether (sulfide) groups is 1. The SMILES string of the molecule is CC(C)N(CCO)C(=O)c1cnc2n(c1=O)CCS2. The fraction of sp³-hybridized carbons (Fsp3) is 0.583. The van der Waals surface area contributed by atoms with Crippen LogP contribution in [0.15, 0.2) is 16.1 Å². The largest absolute Gasteiger partial charge is 0.395 e. The second-order valence-corrected chi connectivity index (χ2v) is 5.64. The summed E-state index contributed by atoms with van der Waals surface area (Å²) in [4.78, 5) is 30.2. The number of amides is 1. The first-order valence-electron chi connectivity index (χ1n) is 6.20. The maximum Gasteiger partial charge on any atom is 0.267 e. The van der Waals surface area contributed by atoms with Crippen molar-refractivity contribution in [3.05, 3.63) is 22.1 Å². The molecule has 0 aromatic carbocycles. The molecule has 0 aliphatic carbocycles. The molecule has 104 valence electrons.